The van der Waals surface area contributed by atoms with Crippen molar-refractivity contribution in [3.8, 4) is 0 Å². The molecule has 1 aromatic carbocycles. The molecule has 0 unspecified atom stereocenters. The molecular weight excluding hydrogens is 250 g/mol. The van der Waals surface area contributed by atoms with Crippen molar-refractivity contribution >= 4 is 11.6 Å². The van der Waals surface area contributed by atoms with E-state index in [0.29, 0.717) is 6.54 Å². The summed E-state index contributed by atoms with van der Waals surface area (Å²) in [5, 5.41) is 3.15. The maximum absolute atomic E-state index is 12.2. The van der Waals surface area contributed by atoms with Crippen molar-refractivity contribution in [2.75, 3.05) is 38.6 Å². The van der Waals surface area contributed by atoms with Gasteiger partial charge in [-0.3, -0.25) is 4.79 Å². The molecule has 1 saturated heterocycles. The fraction of sp³-hybridized carbons (Fsp3) is 0.562. The van der Waals surface area contributed by atoms with Crippen LogP contribution in [0.15, 0.2) is 18.2 Å². The number of aryl methyl sites for hydroxylation is 1. The number of nitrogens with zero attached hydrogens (tertiary/aromatic N) is 2. The number of amides is 1. The Kier molecular flexibility index (Phi) is 5.01. The van der Waals surface area contributed by atoms with Crippen molar-refractivity contribution < 1.29 is 4.79 Å². The average Bonchev–Trinajstić information content (AvgIpc) is 2.93. The Balaban J connectivity index is 2.01. The summed E-state index contributed by atoms with van der Waals surface area (Å²) in [5.74, 6) is 0.240. The van der Waals surface area contributed by atoms with Gasteiger partial charge in [0.1, 0.15) is 0 Å². The molecule has 1 heterocycles. The molecule has 4 nitrogen and oxygen atoms in total. The number of nitrogens with one attached hydrogen (secondary N) is 1. The molecule has 1 aliphatic rings. The Morgan fingerprint density at radius 3 is 2.65 bits per heavy atom. The minimum Gasteiger partial charge on any atom is -0.365 e. The van der Waals surface area contributed by atoms with Crippen LogP contribution in [0.4, 0.5) is 5.69 Å². The van der Waals surface area contributed by atoms with Crippen LogP contribution in [0.1, 0.15) is 24.0 Å². The highest BCUT2D eigenvalue weighted by molar-refractivity contribution is 5.81. The summed E-state index contributed by atoms with van der Waals surface area (Å²) < 4.78 is 0. The summed E-state index contributed by atoms with van der Waals surface area (Å²) in [7, 11) is 3.94. The maximum atomic E-state index is 12.2. The van der Waals surface area contributed by atoms with Gasteiger partial charge in [0, 0.05) is 32.4 Å². The summed E-state index contributed by atoms with van der Waals surface area (Å²) in [5.41, 5.74) is 3.62. The Labute approximate surface area is 121 Å². The van der Waals surface area contributed by atoms with Crippen LogP contribution < -0.4 is 10.2 Å². The molecule has 0 aliphatic carbocycles. The average molecular weight is 275 g/mol. The molecule has 20 heavy (non-hydrogen) atoms. The van der Waals surface area contributed by atoms with Crippen LogP contribution in [0.3, 0.4) is 0 Å². The molecule has 1 amide bonds. The highest BCUT2D eigenvalue weighted by Gasteiger charge is 2.19. The number of benzene rings is 1. The Morgan fingerprint density at radius 2 is 2.05 bits per heavy atom. The lowest BCUT2D eigenvalue weighted by Gasteiger charge is -2.24. The molecule has 1 aromatic rings. The minimum atomic E-state index is 0.240. The van der Waals surface area contributed by atoms with Gasteiger partial charge in [0.15, 0.2) is 0 Å². The topological polar surface area (TPSA) is 35.6 Å². The number of rotatable bonds is 5. The zero-order chi connectivity index (χ0) is 14.5. The smallest absolute Gasteiger partial charge is 0.242 e. The monoisotopic (exact) mass is 275 g/mol. The van der Waals surface area contributed by atoms with Crippen molar-refractivity contribution in [1.82, 2.24) is 10.2 Å². The van der Waals surface area contributed by atoms with E-state index in [1.165, 1.54) is 11.1 Å². The fourth-order valence-corrected chi connectivity index (χ4v) is 2.81. The zero-order valence-electron chi connectivity index (χ0n) is 12.8. The second-order valence-corrected chi connectivity index (χ2v) is 5.60. The van der Waals surface area contributed by atoms with E-state index in [0.717, 1.165) is 38.2 Å². The third-order valence-corrected chi connectivity index (χ3v) is 3.88. The van der Waals surface area contributed by atoms with Gasteiger partial charge in [0.05, 0.1) is 6.54 Å². The first kappa shape index (κ1) is 14.9. The van der Waals surface area contributed by atoms with E-state index in [4.69, 9.17) is 0 Å². The molecular formula is C16H25N3O. The van der Waals surface area contributed by atoms with Crippen molar-refractivity contribution in [2.24, 2.45) is 0 Å². The summed E-state index contributed by atoms with van der Waals surface area (Å²) in [6.07, 6.45) is 2.29. The summed E-state index contributed by atoms with van der Waals surface area (Å²) in [4.78, 5) is 16.2. The van der Waals surface area contributed by atoms with E-state index < -0.39 is 0 Å². The SMILES string of the molecule is CNCc1ccc(N(C)CC(=O)N2CCCC2)c(C)c1. The third kappa shape index (κ3) is 3.51. The number of likely N-dealkylation sites (tertiary alicyclic amines) is 1. The van der Waals surface area contributed by atoms with Gasteiger partial charge in [-0.2, -0.15) is 0 Å². The van der Waals surface area contributed by atoms with E-state index in [1.54, 1.807) is 0 Å². The van der Waals surface area contributed by atoms with Crippen LogP contribution in [0.5, 0.6) is 0 Å². The Hall–Kier alpha value is -1.55. The lowest BCUT2D eigenvalue weighted by molar-refractivity contribution is -0.128. The van der Waals surface area contributed by atoms with Gasteiger partial charge in [-0.1, -0.05) is 12.1 Å². The predicted octanol–water partition coefficient (Wildman–Crippen LogP) is 1.77. The van der Waals surface area contributed by atoms with Crippen LogP contribution in [0.25, 0.3) is 0 Å². The predicted molar refractivity (Wildman–Crippen MR) is 83.0 cm³/mol. The number of carbonyl (C=O) groups is 1. The van der Waals surface area contributed by atoms with Crippen LogP contribution in [-0.4, -0.2) is 44.5 Å². The van der Waals surface area contributed by atoms with Crippen molar-refractivity contribution in [3.63, 3.8) is 0 Å². The highest BCUT2D eigenvalue weighted by Crippen LogP contribution is 2.20. The van der Waals surface area contributed by atoms with Crippen LogP contribution in [0, 0.1) is 6.92 Å². The quantitative estimate of drug-likeness (QED) is 0.889. The van der Waals surface area contributed by atoms with Gasteiger partial charge in [0.2, 0.25) is 5.91 Å². The van der Waals surface area contributed by atoms with Gasteiger partial charge < -0.3 is 15.1 Å². The lowest BCUT2D eigenvalue weighted by atomic mass is 10.1. The highest BCUT2D eigenvalue weighted by atomic mass is 16.2. The fourth-order valence-electron chi connectivity index (χ4n) is 2.81. The molecule has 2 rings (SSSR count). The molecule has 1 N–H and O–H groups in total. The van der Waals surface area contributed by atoms with Crippen molar-refractivity contribution in [2.45, 2.75) is 26.3 Å². The minimum absolute atomic E-state index is 0.240. The van der Waals surface area contributed by atoms with E-state index in [-0.39, 0.29) is 5.91 Å². The van der Waals surface area contributed by atoms with Gasteiger partial charge in [-0.05, 0) is 44.0 Å². The number of carbonyl (C=O) groups excluding carboxylic acids is 1. The summed E-state index contributed by atoms with van der Waals surface area (Å²) in [6.45, 7) is 5.29. The van der Waals surface area contributed by atoms with Crippen molar-refractivity contribution in [1.29, 1.82) is 0 Å². The van der Waals surface area contributed by atoms with E-state index in [2.05, 4.69) is 35.3 Å². The van der Waals surface area contributed by atoms with Gasteiger partial charge in [-0.15, -0.1) is 0 Å². The molecule has 0 spiro atoms. The van der Waals surface area contributed by atoms with E-state index in [9.17, 15) is 4.79 Å². The normalized spacial score (nSPS) is 14.7. The van der Waals surface area contributed by atoms with Gasteiger partial charge in [-0.25, -0.2) is 0 Å². The van der Waals surface area contributed by atoms with E-state index >= 15 is 0 Å². The molecule has 0 bridgehead atoms. The van der Waals surface area contributed by atoms with Crippen LogP contribution in [0.2, 0.25) is 0 Å². The first-order chi connectivity index (χ1) is 9.61. The first-order valence-electron chi connectivity index (χ1n) is 7.35. The van der Waals surface area contributed by atoms with Gasteiger partial charge in [0.25, 0.3) is 0 Å². The Bertz CT molecular complexity index is 467. The number of hydrogen-bond donors (Lipinski definition) is 1. The maximum Gasteiger partial charge on any atom is 0.242 e. The standard InChI is InChI=1S/C16H25N3O/c1-13-10-14(11-17-2)6-7-15(13)18(3)12-16(20)19-8-4-5-9-19/h6-7,10,17H,4-5,8-9,11-12H2,1-3H3. The summed E-state index contributed by atoms with van der Waals surface area (Å²) >= 11 is 0. The van der Waals surface area contributed by atoms with Crippen LogP contribution in [-0.2, 0) is 11.3 Å². The molecule has 0 aromatic heterocycles. The molecule has 0 saturated carbocycles. The second kappa shape index (κ2) is 6.75. The lowest BCUT2D eigenvalue weighted by Crippen LogP contribution is -2.37. The molecule has 1 fully saturated rings. The second-order valence-electron chi connectivity index (χ2n) is 5.60. The first-order valence-corrected chi connectivity index (χ1v) is 7.35. The zero-order valence-corrected chi connectivity index (χ0v) is 12.8. The Morgan fingerprint density at radius 1 is 1.35 bits per heavy atom. The van der Waals surface area contributed by atoms with E-state index in [1.807, 2.05) is 19.0 Å². The molecule has 0 atom stereocenters. The molecule has 0 radical (unpaired) electrons. The number of hydrogen-bond acceptors (Lipinski definition) is 3. The number of anilines is 1. The molecule has 4 heteroatoms. The third-order valence-electron chi connectivity index (χ3n) is 3.88. The van der Waals surface area contributed by atoms with Crippen molar-refractivity contribution in [3.05, 3.63) is 29.3 Å². The van der Waals surface area contributed by atoms with Crippen LogP contribution >= 0.6 is 0 Å². The molecule has 1 aliphatic heterocycles. The summed E-state index contributed by atoms with van der Waals surface area (Å²) in [6, 6.07) is 6.41. The number of likely N-dealkylation sites (N-methyl/N-ethyl adjacent to an activating group) is 1. The molecule has 110 valence electrons. The van der Waals surface area contributed by atoms with Gasteiger partial charge >= 0.3 is 0 Å². The largest absolute Gasteiger partial charge is 0.365 e.